The van der Waals surface area contributed by atoms with Gasteiger partial charge in [0.05, 0.1) is 24.7 Å². The Morgan fingerprint density at radius 3 is 2.43 bits per heavy atom. The zero-order chi connectivity index (χ0) is 26.4. The molecule has 0 radical (unpaired) electrons. The molecular weight excluding hydrogens is 500 g/mol. The highest BCUT2D eigenvalue weighted by Crippen LogP contribution is 2.32. The summed E-state index contributed by atoms with van der Waals surface area (Å²) >= 11 is 6.40. The van der Waals surface area contributed by atoms with E-state index < -0.39 is 24.9 Å². The van der Waals surface area contributed by atoms with E-state index in [-0.39, 0.29) is 5.78 Å². The lowest BCUT2D eigenvalue weighted by Crippen LogP contribution is -2.58. The van der Waals surface area contributed by atoms with Gasteiger partial charge in [0.2, 0.25) is 0 Å². The van der Waals surface area contributed by atoms with Crippen LogP contribution in [-0.2, 0) is 4.79 Å². The molecule has 0 atom stereocenters. The van der Waals surface area contributed by atoms with Gasteiger partial charge in [0.25, 0.3) is 11.8 Å². The number of allylic oxidation sites excluding steroid dienone is 1. The van der Waals surface area contributed by atoms with Crippen LogP contribution in [0.3, 0.4) is 0 Å². The van der Waals surface area contributed by atoms with Crippen LogP contribution in [0.1, 0.15) is 35.2 Å². The number of rotatable bonds is 10. The van der Waals surface area contributed by atoms with E-state index in [1.165, 1.54) is 6.08 Å². The minimum absolute atomic E-state index is 0.0229. The molecule has 0 spiro atoms. The fourth-order valence-electron chi connectivity index (χ4n) is 3.81. The van der Waals surface area contributed by atoms with Gasteiger partial charge in [-0.05, 0) is 78.1 Å². The van der Waals surface area contributed by atoms with Crippen molar-refractivity contribution in [3.05, 3.63) is 83.0 Å². The Bertz CT molecular complexity index is 1290. The van der Waals surface area contributed by atoms with Gasteiger partial charge in [0.15, 0.2) is 5.78 Å². The number of amides is 1. The zero-order valence-corrected chi connectivity index (χ0v) is 20.8. The highest BCUT2D eigenvalue weighted by Gasteiger charge is 2.46. The van der Waals surface area contributed by atoms with Gasteiger partial charge in [-0.1, -0.05) is 29.8 Å². The predicted octanol–water partition coefficient (Wildman–Crippen LogP) is 5.91. The quantitative estimate of drug-likeness (QED) is 0.263. The number of nitrogen functional groups attached to an aromatic ring is 1. The molecule has 1 aliphatic rings. The molecule has 1 amide bonds. The van der Waals surface area contributed by atoms with Crippen LogP contribution in [0.25, 0.3) is 17.2 Å². The van der Waals surface area contributed by atoms with Crippen molar-refractivity contribution in [2.75, 3.05) is 25.4 Å². The van der Waals surface area contributed by atoms with Gasteiger partial charge in [-0.3, -0.25) is 9.59 Å². The number of carbonyl (C=O) groups is 2. The number of halogens is 3. The van der Waals surface area contributed by atoms with Crippen LogP contribution in [0.2, 0.25) is 5.02 Å². The van der Waals surface area contributed by atoms with Crippen molar-refractivity contribution < 1.29 is 23.1 Å². The van der Waals surface area contributed by atoms with Crippen molar-refractivity contribution in [3.8, 4) is 16.9 Å². The maximum atomic E-state index is 13.0. The summed E-state index contributed by atoms with van der Waals surface area (Å²) in [5, 5.41) is 0.441. The number of pyridine rings is 1. The summed E-state index contributed by atoms with van der Waals surface area (Å²) < 4.78 is 31.8. The summed E-state index contributed by atoms with van der Waals surface area (Å²) in [6.45, 7) is -0.662. The van der Waals surface area contributed by atoms with Crippen LogP contribution in [-0.4, -0.2) is 47.2 Å². The Morgan fingerprint density at radius 1 is 1.05 bits per heavy atom. The Kier molecular flexibility index (Phi) is 8.18. The highest BCUT2D eigenvalue weighted by molar-refractivity contribution is 6.32. The molecule has 2 heterocycles. The third-order valence-corrected chi connectivity index (χ3v) is 6.17. The Labute approximate surface area is 218 Å². The largest absolute Gasteiger partial charge is 0.492 e. The van der Waals surface area contributed by atoms with Gasteiger partial charge in [-0.15, -0.1) is 0 Å². The van der Waals surface area contributed by atoms with E-state index in [0.29, 0.717) is 48.0 Å². The molecule has 37 heavy (non-hydrogen) atoms. The van der Waals surface area contributed by atoms with E-state index in [9.17, 15) is 18.4 Å². The maximum absolute atomic E-state index is 13.0. The standard InChI is InChI=1S/C28H26ClF2N3O3/c29-24-15-22(20-6-8-21(9-7-20)27(36)34-17-28(30,31)18-34)10-12-25(24)37-14-2-1-3-23(35)11-4-19-5-13-26(32)33-16-19/h4-13,15-16H,1-3,14,17-18H2,(H2,32,33)/b11-4+. The lowest BCUT2D eigenvalue weighted by Gasteiger charge is -2.38. The molecule has 4 rings (SSSR count). The first-order valence-corrected chi connectivity index (χ1v) is 12.2. The predicted molar refractivity (Wildman–Crippen MR) is 140 cm³/mol. The average Bonchev–Trinajstić information content (AvgIpc) is 2.87. The molecule has 2 aromatic carbocycles. The second-order valence-corrected chi connectivity index (χ2v) is 9.27. The second kappa shape index (κ2) is 11.5. The smallest absolute Gasteiger partial charge is 0.282 e. The number of unbranched alkanes of at least 4 members (excludes halogenated alkanes) is 1. The molecule has 1 saturated heterocycles. The summed E-state index contributed by atoms with van der Waals surface area (Å²) in [4.78, 5) is 29.4. The van der Waals surface area contributed by atoms with Crippen molar-refractivity contribution in [1.82, 2.24) is 9.88 Å². The molecule has 1 fully saturated rings. The molecule has 9 heteroatoms. The van der Waals surface area contributed by atoms with E-state index in [1.54, 1.807) is 60.8 Å². The van der Waals surface area contributed by atoms with Crippen LogP contribution in [0.4, 0.5) is 14.6 Å². The number of hydrogen-bond donors (Lipinski definition) is 1. The molecule has 192 valence electrons. The fraction of sp³-hybridized carbons (Fsp3) is 0.250. The number of ketones is 1. The van der Waals surface area contributed by atoms with E-state index in [0.717, 1.165) is 21.6 Å². The van der Waals surface area contributed by atoms with Crippen LogP contribution < -0.4 is 10.5 Å². The van der Waals surface area contributed by atoms with Crippen LogP contribution in [0.5, 0.6) is 5.75 Å². The SMILES string of the molecule is Nc1ccc(/C=C/C(=O)CCCCOc2ccc(-c3ccc(C(=O)N4CC(F)(F)C4)cc3)cc2Cl)cn1. The van der Waals surface area contributed by atoms with Crippen molar-refractivity contribution in [2.45, 2.75) is 25.2 Å². The number of anilines is 1. The summed E-state index contributed by atoms with van der Waals surface area (Å²) in [7, 11) is 0. The van der Waals surface area contributed by atoms with Crippen molar-refractivity contribution >= 4 is 35.2 Å². The van der Waals surface area contributed by atoms with Crippen LogP contribution >= 0.6 is 11.6 Å². The molecule has 3 aromatic rings. The fourth-order valence-corrected chi connectivity index (χ4v) is 4.05. The number of benzene rings is 2. The molecule has 0 unspecified atom stereocenters. The number of nitrogens with two attached hydrogens (primary N) is 1. The summed E-state index contributed by atoms with van der Waals surface area (Å²) in [5.41, 5.74) is 8.39. The van der Waals surface area contributed by atoms with Crippen LogP contribution in [0.15, 0.2) is 66.9 Å². The summed E-state index contributed by atoms with van der Waals surface area (Å²) in [5.74, 6) is -2.20. The lowest BCUT2D eigenvalue weighted by atomic mass is 10.0. The molecule has 0 bridgehead atoms. The van der Waals surface area contributed by atoms with Crippen molar-refractivity contribution in [2.24, 2.45) is 0 Å². The van der Waals surface area contributed by atoms with Crippen LogP contribution in [0, 0.1) is 0 Å². The number of hydrogen-bond acceptors (Lipinski definition) is 5. The third kappa shape index (κ3) is 7.13. The molecule has 6 nitrogen and oxygen atoms in total. The number of aromatic nitrogens is 1. The Balaban J connectivity index is 1.22. The first kappa shape index (κ1) is 26.3. The number of ether oxygens (including phenoxy) is 1. The molecule has 0 aliphatic carbocycles. The second-order valence-electron chi connectivity index (χ2n) is 8.86. The number of nitrogens with zero attached hydrogens (tertiary/aromatic N) is 2. The van der Waals surface area contributed by atoms with E-state index in [4.69, 9.17) is 22.1 Å². The van der Waals surface area contributed by atoms with Gasteiger partial charge < -0.3 is 15.4 Å². The normalized spacial score (nSPS) is 14.4. The number of carbonyl (C=O) groups excluding carboxylic acids is 2. The maximum Gasteiger partial charge on any atom is 0.282 e. The first-order chi connectivity index (χ1) is 17.7. The van der Waals surface area contributed by atoms with Gasteiger partial charge in [-0.25, -0.2) is 13.8 Å². The number of likely N-dealkylation sites (tertiary alicyclic amines) is 1. The topological polar surface area (TPSA) is 85.5 Å². The summed E-state index contributed by atoms with van der Waals surface area (Å²) in [6.07, 6.45) is 6.64. The van der Waals surface area contributed by atoms with E-state index in [2.05, 4.69) is 4.98 Å². The first-order valence-electron chi connectivity index (χ1n) is 11.8. The minimum atomic E-state index is -2.79. The zero-order valence-electron chi connectivity index (χ0n) is 20.0. The van der Waals surface area contributed by atoms with Gasteiger partial charge in [0, 0.05) is 18.2 Å². The number of alkyl halides is 2. The molecule has 1 aliphatic heterocycles. The molecule has 1 aromatic heterocycles. The monoisotopic (exact) mass is 525 g/mol. The van der Waals surface area contributed by atoms with E-state index in [1.807, 2.05) is 6.07 Å². The summed E-state index contributed by atoms with van der Waals surface area (Å²) in [6, 6.07) is 15.6. The molecule has 2 N–H and O–H groups in total. The lowest BCUT2D eigenvalue weighted by molar-refractivity contribution is -0.114. The average molecular weight is 526 g/mol. The molecule has 0 saturated carbocycles. The van der Waals surface area contributed by atoms with Crippen molar-refractivity contribution in [3.63, 3.8) is 0 Å². The van der Waals surface area contributed by atoms with E-state index >= 15 is 0 Å². The van der Waals surface area contributed by atoms with Crippen molar-refractivity contribution in [1.29, 1.82) is 0 Å². The van der Waals surface area contributed by atoms with Gasteiger partial charge >= 0.3 is 0 Å². The van der Waals surface area contributed by atoms with Gasteiger partial charge in [-0.2, -0.15) is 0 Å². The Morgan fingerprint density at radius 2 is 1.78 bits per heavy atom. The highest BCUT2D eigenvalue weighted by atomic mass is 35.5. The minimum Gasteiger partial charge on any atom is -0.492 e. The molecular formula is C28H26ClF2N3O3. The third-order valence-electron chi connectivity index (χ3n) is 5.87. The van der Waals surface area contributed by atoms with Gasteiger partial charge in [0.1, 0.15) is 11.6 Å². The Hall–Kier alpha value is -3.78.